The molecular formula is C26H33ClIN3O4. The molecular weight excluding hydrogens is 581 g/mol. The second kappa shape index (κ2) is 12.4. The quantitative estimate of drug-likeness (QED) is 0.227. The van der Waals surface area contributed by atoms with Crippen molar-refractivity contribution in [1.29, 1.82) is 0 Å². The number of aliphatic hydroxyl groups excluding tert-OH is 2. The summed E-state index contributed by atoms with van der Waals surface area (Å²) in [6, 6.07) is 14.2. The normalized spacial score (nSPS) is 13.5. The van der Waals surface area contributed by atoms with Gasteiger partial charge in [0.05, 0.1) is 25.5 Å². The third-order valence-electron chi connectivity index (χ3n) is 6.03. The summed E-state index contributed by atoms with van der Waals surface area (Å²) in [5, 5.41) is 27.7. The van der Waals surface area contributed by atoms with Crippen LogP contribution in [0.3, 0.4) is 0 Å². The minimum Gasteiger partial charge on any atom is -0.493 e. The van der Waals surface area contributed by atoms with Crippen molar-refractivity contribution < 1.29 is 19.7 Å². The molecule has 3 rings (SSSR count). The molecule has 0 saturated heterocycles. The van der Waals surface area contributed by atoms with E-state index in [1.165, 1.54) is 10.2 Å². The molecule has 1 aromatic heterocycles. The van der Waals surface area contributed by atoms with Gasteiger partial charge >= 0.3 is 0 Å². The zero-order valence-electron chi connectivity index (χ0n) is 20.5. The summed E-state index contributed by atoms with van der Waals surface area (Å²) < 4.78 is 13.8. The van der Waals surface area contributed by atoms with Gasteiger partial charge in [-0.15, -0.1) is 16.7 Å². The van der Waals surface area contributed by atoms with E-state index in [1.807, 2.05) is 52.9 Å². The fourth-order valence-electron chi connectivity index (χ4n) is 3.66. The Morgan fingerprint density at radius 1 is 1.09 bits per heavy atom. The molecule has 0 aliphatic rings. The molecule has 2 atom stereocenters. The van der Waals surface area contributed by atoms with Crippen LogP contribution in [0, 0.1) is 16.5 Å². The van der Waals surface area contributed by atoms with Crippen molar-refractivity contribution >= 4 is 34.2 Å². The summed E-state index contributed by atoms with van der Waals surface area (Å²) in [6.07, 6.45) is -0.787. The van der Waals surface area contributed by atoms with Crippen molar-refractivity contribution in [2.75, 3.05) is 19.1 Å². The maximum atomic E-state index is 10.3. The third kappa shape index (κ3) is 7.09. The van der Waals surface area contributed by atoms with E-state index in [4.69, 9.17) is 21.1 Å². The Morgan fingerprint density at radius 3 is 2.40 bits per heavy atom. The molecule has 0 amide bonds. The molecule has 9 heteroatoms. The molecule has 2 unspecified atom stereocenters. The summed E-state index contributed by atoms with van der Waals surface area (Å²) in [4.78, 5) is 0. The van der Waals surface area contributed by atoms with Crippen LogP contribution in [0.5, 0.6) is 11.5 Å². The topological polar surface area (TPSA) is 89.6 Å². The van der Waals surface area contributed by atoms with E-state index in [0.29, 0.717) is 33.5 Å². The van der Waals surface area contributed by atoms with E-state index in [-0.39, 0.29) is 25.2 Å². The highest BCUT2D eigenvalue weighted by Crippen LogP contribution is 2.34. The van der Waals surface area contributed by atoms with Crippen molar-refractivity contribution in [3.05, 3.63) is 68.5 Å². The van der Waals surface area contributed by atoms with Crippen molar-refractivity contribution in [2.24, 2.45) is 5.92 Å². The smallest absolute Gasteiger partial charge is 0.149 e. The summed E-state index contributed by atoms with van der Waals surface area (Å²) in [5.41, 5.74) is 3.81. The Bertz CT molecular complexity index is 1100. The van der Waals surface area contributed by atoms with Crippen LogP contribution in [0.25, 0.3) is 0 Å². The molecule has 0 bridgehead atoms. The fraction of sp³-hybridized carbons (Fsp3) is 0.462. The lowest BCUT2D eigenvalue weighted by Crippen LogP contribution is -2.25. The number of ether oxygens (including phenoxy) is 2. The number of halogens is 2. The minimum atomic E-state index is -0.787. The Labute approximate surface area is 225 Å². The number of hydrogen-bond donors (Lipinski definition) is 2. The first-order chi connectivity index (χ1) is 16.6. The first-order valence-corrected chi connectivity index (χ1v) is 13.2. The summed E-state index contributed by atoms with van der Waals surface area (Å²) in [6.45, 7) is 9.23. The van der Waals surface area contributed by atoms with Gasteiger partial charge in [-0.3, -0.25) is 0 Å². The number of benzene rings is 2. The molecule has 7 nitrogen and oxygen atoms in total. The van der Waals surface area contributed by atoms with Gasteiger partial charge in [0.1, 0.15) is 27.9 Å². The zero-order chi connectivity index (χ0) is 25.6. The van der Waals surface area contributed by atoms with Crippen LogP contribution in [-0.4, -0.2) is 50.4 Å². The molecule has 35 heavy (non-hydrogen) atoms. The van der Waals surface area contributed by atoms with Crippen molar-refractivity contribution in [1.82, 2.24) is 15.0 Å². The van der Waals surface area contributed by atoms with E-state index in [2.05, 4.69) is 50.1 Å². The van der Waals surface area contributed by atoms with Crippen LogP contribution in [0.15, 0.2) is 42.5 Å². The molecule has 2 aromatic carbocycles. The first-order valence-electron chi connectivity index (χ1n) is 11.6. The van der Waals surface area contributed by atoms with Crippen molar-refractivity contribution in [3.63, 3.8) is 0 Å². The number of rotatable bonds is 12. The predicted molar refractivity (Wildman–Crippen MR) is 145 cm³/mol. The molecule has 3 aromatic rings. The van der Waals surface area contributed by atoms with Crippen LogP contribution < -0.4 is 9.47 Å². The molecule has 0 radical (unpaired) electrons. The molecule has 2 N–H and O–H groups in total. The summed E-state index contributed by atoms with van der Waals surface area (Å²) in [5.74, 6) is 2.44. The molecule has 0 aliphatic carbocycles. The van der Waals surface area contributed by atoms with Crippen molar-refractivity contribution in [3.8, 4) is 11.5 Å². The van der Waals surface area contributed by atoms with Crippen molar-refractivity contribution in [2.45, 2.75) is 52.4 Å². The van der Waals surface area contributed by atoms with Crippen LogP contribution in [0.2, 0.25) is 0 Å². The maximum Gasteiger partial charge on any atom is 0.149 e. The monoisotopic (exact) mass is 613 g/mol. The van der Waals surface area contributed by atoms with Crippen LogP contribution in [0.4, 0.5) is 0 Å². The molecule has 0 fully saturated rings. The van der Waals surface area contributed by atoms with Crippen LogP contribution in [-0.2, 0) is 18.6 Å². The second-order valence-electron chi connectivity index (χ2n) is 9.33. The van der Waals surface area contributed by atoms with Gasteiger partial charge < -0.3 is 19.7 Å². The molecule has 0 aliphatic heterocycles. The van der Waals surface area contributed by atoms with E-state index >= 15 is 0 Å². The standard InChI is InChI=1S/C26H33ClIN3O4/c1-17(12-27)15-35-24-10-7-20(11-18(24)2)26(3,4)19-5-8-22(9-6-19)34-16-21(33)13-31-23(14-32)25(28)29-30-31/h5-11,17,21,32-33H,12-16H2,1-4H3. The van der Waals surface area contributed by atoms with Gasteiger partial charge in [-0.1, -0.05) is 50.3 Å². The first kappa shape index (κ1) is 27.7. The van der Waals surface area contributed by atoms with E-state index in [1.54, 1.807) is 0 Å². The number of hydrogen-bond acceptors (Lipinski definition) is 6. The minimum absolute atomic E-state index is 0.104. The van der Waals surface area contributed by atoms with Crippen LogP contribution in [0.1, 0.15) is 43.2 Å². The van der Waals surface area contributed by atoms with Gasteiger partial charge in [0.25, 0.3) is 0 Å². The Morgan fingerprint density at radius 2 is 1.77 bits per heavy atom. The lowest BCUT2D eigenvalue weighted by molar-refractivity contribution is 0.0866. The highest BCUT2D eigenvalue weighted by atomic mass is 127. The van der Waals surface area contributed by atoms with Gasteiger partial charge in [0.2, 0.25) is 0 Å². The second-order valence-corrected chi connectivity index (χ2v) is 10.7. The Balaban J connectivity index is 1.61. The largest absolute Gasteiger partial charge is 0.493 e. The Kier molecular flexibility index (Phi) is 9.80. The van der Waals surface area contributed by atoms with Gasteiger partial charge in [-0.05, 0) is 64.4 Å². The van der Waals surface area contributed by atoms with E-state index in [9.17, 15) is 10.2 Å². The lowest BCUT2D eigenvalue weighted by Gasteiger charge is -2.27. The van der Waals surface area contributed by atoms with E-state index in [0.717, 1.165) is 16.9 Å². The van der Waals surface area contributed by atoms with Gasteiger partial charge in [0.15, 0.2) is 0 Å². The highest BCUT2D eigenvalue weighted by molar-refractivity contribution is 14.1. The third-order valence-corrected chi connectivity index (χ3v) is 7.39. The number of aliphatic hydroxyl groups is 2. The number of aromatic nitrogens is 3. The Hall–Kier alpha value is -1.88. The van der Waals surface area contributed by atoms with Gasteiger partial charge in [0, 0.05) is 17.2 Å². The fourth-order valence-corrected chi connectivity index (χ4v) is 4.30. The van der Waals surface area contributed by atoms with E-state index < -0.39 is 6.10 Å². The summed E-state index contributed by atoms with van der Waals surface area (Å²) in [7, 11) is 0. The van der Waals surface area contributed by atoms with Gasteiger partial charge in [-0.2, -0.15) is 0 Å². The summed E-state index contributed by atoms with van der Waals surface area (Å²) >= 11 is 7.89. The maximum absolute atomic E-state index is 10.3. The molecule has 0 spiro atoms. The number of nitrogens with zero attached hydrogens (tertiary/aromatic N) is 3. The van der Waals surface area contributed by atoms with Gasteiger partial charge in [-0.25, -0.2) is 4.68 Å². The molecule has 1 heterocycles. The lowest BCUT2D eigenvalue weighted by atomic mass is 9.77. The highest BCUT2D eigenvalue weighted by Gasteiger charge is 2.24. The zero-order valence-corrected chi connectivity index (χ0v) is 23.5. The predicted octanol–water partition coefficient (Wildman–Crippen LogP) is 4.70. The molecule has 190 valence electrons. The average molecular weight is 614 g/mol. The molecule has 0 saturated carbocycles. The van der Waals surface area contributed by atoms with Crippen LogP contribution >= 0.6 is 34.2 Å². The number of alkyl halides is 1. The number of aryl methyl sites for hydroxylation is 1. The average Bonchev–Trinajstić information content (AvgIpc) is 3.20. The SMILES string of the molecule is Cc1cc(C(C)(C)c2ccc(OCC(O)Cn3nnc(I)c3CO)cc2)ccc1OCC(C)CCl.